The molecule has 0 radical (unpaired) electrons. The van der Waals surface area contributed by atoms with E-state index < -0.39 is 11.2 Å². The zero-order valence-electron chi connectivity index (χ0n) is 75.7. The van der Waals surface area contributed by atoms with Crippen molar-refractivity contribution in [1.82, 2.24) is 0 Å². The molecule has 4 fully saturated rings. The monoisotopic (exact) mass is 1620 g/mol. The molecule has 2 N–H and O–H groups in total. The zero-order chi connectivity index (χ0) is 84.2. The summed E-state index contributed by atoms with van der Waals surface area (Å²) in [7, 11) is 0. The first kappa shape index (κ1) is 100. The van der Waals surface area contributed by atoms with Gasteiger partial charge in [-0.05, 0) is 238 Å². The molecular formula is C103H162O14. The summed E-state index contributed by atoms with van der Waals surface area (Å²) in [6.45, 7) is 36.1. The van der Waals surface area contributed by atoms with Crippen LogP contribution in [0.4, 0.5) is 0 Å². The van der Waals surface area contributed by atoms with Crippen LogP contribution in [-0.4, -0.2) is 101 Å². The first-order valence-electron chi connectivity index (χ1n) is 46.6. The molecule has 0 bridgehead atoms. The first-order valence-corrected chi connectivity index (χ1v) is 46.6. The van der Waals surface area contributed by atoms with Crippen LogP contribution in [-0.2, 0) is 0 Å². The normalized spacial score (nSPS) is 15.0. The molecule has 0 amide bonds. The van der Waals surface area contributed by atoms with E-state index in [1.54, 1.807) is 0 Å². The van der Waals surface area contributed by atoms with Crippen LogP contribution in [0.25, 0.3) is 0 Å². The molecule has 0 saturated heterocycles. The standard InChI is InChI=1S/C18H28O3.C17H28O3.3C17H26O2.C17H28O2/c1-2-13-20-16-9-8-10-17(14-16)21-15-18(19)11-6-4-3-5-7-12-18;1-4-10-17(18,11-5-2)14-20-16-9-7-8-15(13-16)19-12-6-3;1-3-12-18-16-10-7-11-17(14(16)2)19-13-15-8-5-4-6-9-15;1-3-11-18-17-12-16(10-9-14(17)2)19-13-15-7-5-4-6-8-15;1-3-9-18-16-10-14(2)11-17(12-16)19-13-15-7-5-4-6-8-15;1-4-8-15(9-5-2)14-19-17-11-7-10-16(13-17)18-12-6-3/h8-10,14,19H,2-7,11-13,15H2,1H3;7-9,13,18H,4-6,10-12,14H2,1-3H3;7,10-11,15H,3-6,8-9,12-13H2,1-2H3;9-10,12,15H,3-8,11,13H2,1-2H3;10-12,15H,3-9,13H2,1-2H3;7,10-11,13,15H,4-6,8-9,12,14H2,1-3H3. The molecule has 4 aliphatic rings. The van der Waals surface area contributed by atoms with Crippen LogP contribution in [0, 0.1) is 44.4 Å². The van der Waals surface area contributed by atoms with Crippen molar-refractivity contribution in [3.63, 3.8) is 0 Å². The van der Waals surface area contributed by atoms with Crippen LogP contribution >= 0.6 is 0 Å². The van der Waals surface area contributed by atoms with Gasteiger partial charge in [0.25, 0.3) is 0 Å². The Kier molecular flexibility index (Phi) is 53.2. The highest BCUT2D eigenvalue weighted by Gasteiger charge is 2.29. The van der Waals surface area contributed by atoms with E-state index in [1.165, 1.54) is 152 Å². The van der Waals surface area contributed by atoms with Crippen LogP contribution in [0.2, 0.25) is 0 Å². The lowest BCUT2D eigenvalue weighted by Crippen LogP contribution is -2.36. The molecule has 0 unspecified atom stereocenters. The van der Waals surface area contributed by atoms with Crippen molar-refractivity contribution < 1.29 is 67.1 Å². The summed E-state index contributed by atoms with van der Waals surface area (Å²) < 4.78 is 69.4. The van der Waals surface area contributed by atoms with Gasteiger partial charge >= 0.3 is 0 Å². The average Bonchev–Trinajstić information content (AvgIpc) is 0.862. The Labute approximate surface area is 711 Å². The van der Waals surface area contributed by atoms with Gasteiger partial charge < -0.3 is 67.1 Å². The average molecular weight is 1620 g/mol. The molecule has 0 aliphatic heterocycles. The molecule has 0 atom stereocenters. The van der Waals surface area contributed by atoms with E-state index in [9.17, 15) is 10.2 Å². The topological polar surface area (TPSA) is 151 Å². The summed E-state index contributed by atoms with van der Waals surface area (Å²) >= 11 is 0. The fraction of sp³-hybridized carbons (Fsp3) is 0.650. The van der Waals surface area contributed by atoms with Gasteiger partial charge in [0.2, 0.25) is 0 Å². The molecule has 117 heavy (non-hydrogen) atoms. The number of benzene rings is 6. The molecular weight excluding hydrogens is 1460 g/mol. The Morgan fingerprint density at radius 3 is 1.14 bits per heavy atom. The maximum absolute atomic E-state index is 10.7. The predicted octanol–water partition coefficient (Wildman–Crippen LogP) is 27.8. The maximum atomic E-state index is 10.7. The van der Waals surface area contributed by atoms with Crippen molar-refractivity contribution in [1.29, 1.82) is 0 Å². The molecule has 0 heterocycles. The minimum absolute atomic E-state index is 0.339. The fourth-order valence-electron chi connectivity index (χ4n) is 15.3. The lowest BCUT2D eigenvalue weighted by molar-refractivity contribution is -0.0257. The summed E-state index contributed by atoms with van der Waals surface area (Å²) in [6.07, 6.45) is 42.5. The van der Waals surface area contributed by atoms with E-state index >= 15 is 0 Å². The van der Waals surface area contributed by atoms with Gasteiger partial charge in [0, 0.05) is 35.9 Å². The van der Waals surface area contributed by atoms with E-state index in [2.05, 4.69) is 120 Å². The van der Waals surface area contributed by atoms with Crippen molar-refractivity contribution in [3.05, 3.63) is 144 Å². The Bertz CT molecular complexity index is 3400. The van der Waals surface area contributed by atoms with Gasteiger partial charge in [0.1, 0.15) is 82.2 Å². The van der Waals surface area contributed by atoms with Crippen molar-refractivity contribution in [3.8, 4) is 69.0 Å². The van der Waals surface area contributed by atoms with Gasteiger partial charge in [-0.1, -0.05) is 215 Å². The van der Waals surface area contributed by atoms with Gasteiger partial charge in [-0.25, -0.2) is 0 Å². The molecule has 0 spiro atoms. The number of hydrogen-bond donors (Lipinski definition) is 2. The van der Waals surface area contributed by atoms with E-state index in [1.807, 2.05) is 97.1 Å². The highest BCUT2D eigenvalue weighted by Crippen LogP contribution is 2.35. The molecule has 6 aromatic carbocycles. The minimum Gasteiger partial charge on any atom is -0.493 e. The van der Waals surface area contributed by atoms with Crippen LogP contribution in [0.3, 0.4) is 0 Å². The number of aliphatic hydroxyl groups is 2. The highest BCUT2D eigenvalue weighted by atomic mass is 16.5. The van der Waals surface area contributed by atoms with E-state index in [-0.39, 0.29) is 0 Å². The Balaban J connectivity index is 0.000000250. The van der Waals surface area contributed by atoms with Gasteiger partial charge in [0.15, 0.2) is 0 Å². The van der Waals surface area contributed by atoms with Crippen molar-refractivity contribution in [2.45, 2.75) is 332 Å². The third-order valence-corrected chi connectivity index (χ3v) is 21.9. The summed E-state index contributed by atoms with van der Waals surface area (Å²) in [5.41, 5.74) is 2.13. The van der Waals surface area contributed by atoms with E-state index in [4.69, 9.17) is 56.8 Å². The summed E-state index contributed by atoms with van der Waals surface area (Å²) in [4.78, 5) is 0. The lowest BCUT2D eigenvalue weighted by Gasteiger charge is -2.30. The van der Waals surface area contributed by atoms with E-state index in [0.717, 1.165) is 235 Å². The molecule has 658 valence electrons. The highest BCUT2D eigenvalue weighted by molar-refractivity contribution is 5.44. The first-order chi connectivity index (χ1) is 57.0. The van der Waals surface area contributed by atoms with Crippen LogP contribution in [0.15, 0.2) is 127 Å². The van der Waals surface area contributed by atoms with Gasteiger partial charge in [-0.2, -0.15) is 0 Å². The second kappa shape index (κ2) is 62.0. The van der Waals surface area contributed by atoms with Crippen LogP contribution < -0.4 is 56.8 Å². The second-order valence-electron chi connectivity index (χ2n) is 33.3. The summed E-state index contributed by atoms with van der Waals surface area (Å²) in [5.74, 6) is 13.7. The molecule has 14 nitrogen and oxygen atoms in total. The predicted molar refractivity (Wildman–Crippen MR) is 486 cm³/mol. The maximum Gasteiger partial charge on any atom is 0.125 e. The number of ether oxygens (including phenoxy) is 12. The third kappa shape index (κ3) is 44.1. The third-order valence-electron chi connectivity index (χ3n) is 21.9. The lowest BCUT2D eigenvalue weighted by atomic mass is 9.88. The second-order valence-corrected chi connectivity index (χ2v) is 33.3. The van der Waals surface area contributed by atoms with Crippen molar-refractivity contribution in [2.75, 3.05) is 79.3 Å². The smallest absolute Gasteiger partial charge is 0.125 e. The Hall–Kier alpha value is -7.16. The van der Waals surface area contributed by atoms with Gasteiger partial charge in [0.05, 0.1) is 77.3 Å². The number of rotatable bonds is 44. The molecule has 4 aliphatic carbocycles. The molecule has 0 aromatic heterocycles. The number of hydrogen-bond acceptors (Lipinski definition) is 14. The summed E-state index contributed by atoms with van der Waals surface area (Å²) in [5, 5.41) is 21.2. The molecule has 6 aromatic rings. The van der Waals surface area contributed by atoms with E-state index in [0.29, 0.717) is 32.3 Å². The Morgan fingerprint density at radius 1 is 0.333 bits per heavy atom. The van der Waals surface area contributed by atoms with Crippen molar-refractivity contribution >= 4 is 0 Å². The number of aryl methyl sites for hydroxylation is 2. The quantitative estimate of drug-likeness (QED) is 0.0373. The largest absolute Gasteiger partial charge is 0.493 e. The molecule has 10 rings (SSSR count). The summed E-state index contributed by atoms with van der Waals surface area (Å²) in [6, 6.07) is 41.8. The minimum atomic E-state index is -0.718. The SMILES string of the molecule is CCCOc1cc(C)cc(OCC2CCCCC2)c1.CCCOc1cc(OCC2CCCCC2)ccc1C.CCCOc1cccc(OCC(CCC)CCC)c1.CCCOc1cccc(OCC(O)(CCC)CCC)c1.CCCOc1cccc(OCC2(O)CCCCCCC2)c1.CCCOc1cccc(OCC2CCCCC2)c1C. The Morgan fingerprint density at radius 2 is 0.684 bits per heavy atom. The van der Waals surface area contributed by atoms with Gasteiger partial charge in [-0.3, -0.25) is 0 Å². The van der Waals surface area contributed by atoms with Crippen LogP contribution in [0.1, 0.15) is 317 Å². The van der Waals surface area contributed by atoms with Gasteiger partial charge in [-0.15, -0.1) is 0 Å². The fourth-order valence-corrected chi connectivity index (χ4v) is 15.3. The van der Waals surface area contributed by atoms with Crippen LogP contribution in [0.5, 0.6) is 69.0 Å². The molecule has 4 saturated carbocycles. The van der Waals surface area contributed by atoms with Crippen molar-refractivity contribution in [2.24, 2.45) is 23.7 Å². The zero-order valence-corrected chi connectivity index (χ0v) is 75.7. The molecule has 14 heteroatoms.